The van der Waals surface area contributed by atoms with Gasteiger partial charge in [-0.05, 0) is 33.1 Å². The number of esters is 1. The van der Waals surface area contributed by atoms with Crippen molar-refractivity contribution in [1.29, 1.82) is 0 Å². The third kappa shape index (κ3) is 5.67. The van der Waals surface area contributed by atoms with Gasteiger partial charge in [-0.25, -0.2) is 15.0 Å². The lowest BCUT2D eigenvalue weighted by atomic mass is 10.1. The summed E-state index contributed by atoms with van der Waals surface area (Å²) in [6.45, 7) is 8.84. The van der Waals surface area contributed by atoms with E-state index in [1.807, 2.05) is 32.3 Å². The summed E-state index contributed by atoms with van der Waals surface area (Å²) in [7, 11) is 0. The van der Waals surface area contributed by atoms with Gasteiger partial charge in [0, 0.05) is 19.7 Å². The summed E-state index contributed by atoms with van der Waals surface area (Å²) in [6.07, 6.45) is 4.22. The number of carbonyl (C=O) groups excluding carboxylic acids is 1. The highest BCUT2D eigenvalue weighted by atomic mass is 16.6. The first-order valence-electron chi connectivity index (χ1n) is 8.52. The molecule has 8 nitrogen and oxygen atoms in total. The molecule has 0 bridgehead atoms. The van der Waals surface area contributed by atoms with E-state index in [9.17, 15) is 4.79 Å². The summed E-state index contributed by atoms with van der Waals surface area (Å²) in [6, 6.07) is 0. The van der Waals surface area contributed by atoms with Gasteiger partial charge >= 0.3 is 5.97 Å². The summed E-state index contributed by atoms with van der Waals surface area (Å²) >= 11 is 0. The minimum atomic E-state index is -0.487. The van der Waals surface area contributed by atoms with Crippen molar-refractivity contribution in [2.75, 3.05) is 18.5 Å². The van der Waals surface area contributed by atoms with E-state index in [0.717, 1.165) is 6.42 Å². The number of carbonyl (C=O) groups is 1. The molecule has 2 heterocycles. The van der Waals surface area contributed by atoms with E-state index >= 15 is 0 Å². The quantitative estimate of drug-likeness (QED) is 0.703. The van der Waals surface area contributed by atoms with Crippen molar-refractivity contribution in [3.05, 3.63) is 12.7 Å². The molecule has 2 N–H and O–H groups in total. The Morgan fingerprint density at radius 1 is 1.36 bits per heavy atom. The number of nitrogens with zero attached hydrogens (tertiary/aromatic N) is 4. The van der Waals surface area contributed by atoms with E-state index in [4.69, 9.17) is 9.84 Å². The Bertz CT molecular complexity index is 708. The molecule has 0 saturated carbocycles. The highest BCUT2D eigenvalue weighted by molar-refractivity contribution is 5.82. The van der Waals surface area contributed by atoms with Crippen LogP contribution in [0, 0.1) is 5.92 Å². The van der Waals surface area contributed by atoms with E-state index in [1.54, 1.807) is 6.33 Å². The van der Waals surface area contributed by atoms with Gasteiger partial charge in [0.1, 0.15) is 17.4 Å². The van der Waals surface area contributed by atoms with Crippen LogP contribution in [0.1, 0.15) is 40.5 Å². The predicted molar refractivity (Wildman–Crippen MR) is 95.1 cm³/mol. The van der Waals surface area contributed by atoms with Gasteiger partial charge in [-0.3, -0.25) is 4.79 Å². The van der Waals surface area contributed by atoms with Crippen molar-refractivity contribution in [1.82, 2.24) is 19.5 Å². The largest absolute Gasteiger partial charge is 0.460 e. The van der Waals surface area contributed by atoms with Gasteiger partial charge in [-0.1, -0.05) is 6.92 Å². The number of imidazole rings is 1. The van der Waals surface area contributed by atoms with Crippen LogP contribution in [0.5, 0.6) is 0 Å². The number of aliphatic hydroxyl groups is 1. The number of aromatic nitrogens is 4. The first-order chi connectivity index (χ1) is 11.8. The zero-order chi connectivity index (χ0) is 18.4. The molecule has 0 aliphatic heterocycles. The number of anilines is 1. The molecule has 0 fully saturated rings. The first kappa shape index (κ1) is 19.1. The summed E-state index contributed by atoms with van der Waals surface area (Å²) in [5.74, 6) is 0.641. The van der Waals surface area contributed by atoms with Crippen LogP contribution in [0.25, 0.3) is 11.2 Å². The molecule has 0 spiro atoms. The Kier molecular flexibility index (Phi) is 6.30. The molecule has 2 aromatic heterocycles. The fourth-order valence-electron chi connectivity index (χ4n) is 2.31. The molecule has 2 rings (SSSR count). The summed E-state index contributed by atoms with van der Waals surface area (Å²) < 4.78 is 7.14. The smallest absolute Gasteiger partial charge is 0.308 e. The third-order valence-corrected chi connectivity index (χ3v) is 3.62. The number of rotatable bonds is 8. The number of nitrogens with one attached hydrogen (secondary N) is 1. The molecule has 0 aromatic carbocycles. The van der Waals surface area contributed by atoms with Gasteiger partial charge in [0.25, 0.3) is 0 Å². The standard InChI is InChI=1S/C17H27N5O3/c1-12(9-23)5-7-18-15-14-16(20-10-19-15)22(11-21-14)8-6-13(24)25-17(2,3)4/h10-12,23H,5-9H2,1-4H3,(H,18,19,20)/t12-/m0/s1. The Labute approximate surface area is 147 Å². The van der Waals surface area contributed by atoms with Crippen LogP contribution in [0.4, 0.5) is 5.82 Å². The number of fused-ring (bicyclic) bond motifs is 1. The molecule has 8 heteroatoms. The Balaban J connectivity index is 2.01. The molecule has 0 amide bonds. The predicted octanol–water partition coefficient (Wildman–Crippen LogP) is 1.99. The maximum Gasteiger partial charge on any atom is 0.308 e. The fraction of sp³-hybridized carbons (Fsp3) is 0.647. The number of hydrogen-bond acceptors (Lipinski definition) is 7. The van der Waals surface area contributed by atoms with Crippen molar-refractivity contribution >= 4 is 23.0 Å². The molecule has 2 aromatic rings. The van der Waals surface area contributed by atoms with E-state index in [-0.39, 0.29) is 24.9 Å². The van der Waals surface area contributed by atoms with Crippen molar-refractivity contribution < 1.29 is 14.6 Å². The van der Waals surface area contributed by atoms with Crippen LogP contribution in [0.2, 0.25) is 0 Å². The number of hydrogen-bond donors (Lipinski definition) is 2. The topological polar surface area (TPSA) is 102 Å². The summed E-state index contributed by atoms with van der Waals surface area (Å²) in [4.78, 5) is 24.7. The Morgan fingerprint density at radius 3 is 2.80 bits per heavy atom. The lowest BCUT2D eigenvalue weighted by molar-refractivity contribution is -0.155. The highest BCUT2D eigenvalue weighted by Crippen LogP contribution is 2.18. The lowest BCUT2D eigenvalue weighted by Crippen LogP contribution is -2.24. The Morgan fingerprint density at radius 2 is 2.12 bits per heavy atom. The maximum atomic E-state index is 11.9. The minimum absolute atomic E-state index is 0.167. The van der Waals surface area contributed by atoms with Gasteiger partial charge in [0.15, 0.2) is 11.5 Å². The van der Waals surface area contributed by atoms with Gasteiger partial charge < -0.3 is 19.7 Å². The van der Waals surface area contributed by atoms with Crippen LogP contribution in [0.15, 0.2) is 12.7 Å². The fourth-order valence-corrected chi connectivity index (χ4v) is 2.31. The molecule has 0 radical (unpaired) electrons. The second-order valence-corrected chi connectivity index (χ2v) is 7.17. The van der Waals surface area contributed by atoms with E-state index in [0.29, 0.717) is 30.1 Å². The number of ether oxygens (including phenoxy) is 1. The van der Waals surface area contributed by atoms with Crippen LogP contribution >= 0.6 is 0 Å². The maximum absolute atomic E-state index is 11.9. The van der Waals surface area contributed by atoms with Crippen LogP contribution in [-0.2, 0) is 16.1 Å². The second kappa shape index (κ2) is 8.24. The summed E-state index contributed by atoms with van der Waals surface area (Å²) in [5, 5.41) is 12.3. The molecular formula is C17H27N5O3. The molecular weight excluding hydrogens is 322 g/mol. The zero-order valence-corrected chi connectivity index (χ0v) is 15.3. The summed E-state index contributed by atoms with van der Waals surface area (Å²) in [5.41, 5.74) is 0.860. The monoisotopic (exact) mass is 349 g/mol. The second-order valence-electron chi connectivity index (χ2n) is 7.17. The van der Waals surface area contributed by atoms with Crippen LogP contribution < -0.4 is 5.32 Å². The molecule has 138 valence electrons. The van der Waals surface area contributed by atoms with Gasteiger partial charge in [-0.2, -0.15) is 0 Å². The molecule has 0 saturated heterocycles. The molecule has 0 unspecified atom stereocenters. The normalized spacial score (nSPS) is 13.0. The lowest BCUT2D eigenvalue weighted by Gasteiger charge is -2.19. The average molecular weight is 349 g/mol. The SMILES string of the molecule is C[C@H](CO)CCNc1ncnc2c1ncn2CCC(=O)OC(C)(C)C. The van der Waals surface area contributed by atoms with Gasteiger partial charge in [0.2, 0.25) is 0 Å². The van der Waals surface area contributed by atoms with Gasteiger partial charge in [0.05, 0.1) is 12.7 Å². The van der Waals surface area contributed by atoms with Crippen LogP contribution in [-0.4, -0.2) is 49.3 Å². The van der Waals surface area contributed by atoms with Crippen molar-refractivity contribution in [3.8, 4) is 0 Å². The van der Waals surface area contributed by atoms with E-state index < -0.39 is 5.60 Å². The number of aryl methyl sites for hydroxylation is 1. The molecule has 1 atom stereocenters. The molecule has 25 heavy (non-hydrogen) atoms. The van der Waals surface area contributed by atoms with E-state index in [2.05, 4.69) is 20.3 Å². The number of aliphatic hydroxyl groups excluding tert-OH is 1. The van der Waals surface area contributed by atoms with Crippen molar-refractivity contribution in [2.45, 2.75) is 52.7 Å². The van der Waals surface area contributed by atoms with Crippen molar-refractivity contribution in [2.24, 2.45) is 5.92 Å². The third-order valence-electron chi connectivity index (χ3n) is 3.62. The van der Waals surface area contributed by atoms with E-state index in [1.165, 1.54) is 6.33 Å². The van der Waals surface area contributed by atoms with Crippen LogP contribution in [0.3, 0.4) is 0 Å². The highest BCUT2D eigenvalue weighted by Gasteiger charge is 2.17. The molecule has 0 aliphatic rings. The molecule has 0 aliphatic carbocycles. The Hall–Kier alpha value is -2.22. The first-order valence-corrected chi connectivity index (χ1v) is 8.52. The van der Waals surface area contributed by atoms with Gasteiger partial charge in [-0.15, -0.1) is 0 Å². The van der Waals surface area contributed by atoms with Crippen molar-refractivity contribution in [3.63, 3.8) is 0 Å². The minimum Gasteiger partial charge on any atom is -0.460 e. The zero-order valence-electron chi connectivity index (χ0n) is 15.3. The average Bonchev–Trinajstić information content (AvgIpc) is 2.95.